The minimum absolute atomic E-state index is 0.0207. The van der Waals surface area contributed by atoms with Crippen molar-refractivity contribution in [1.29, 1.82) is 0 Å². The Morgan fingerprint density at radius 3 is 2.40 bits per heavy atom. The highest BCUT2D eigenvalue weighted by Crippen LogP contribution is 2.38. The second-order valence-electron chi connectivity index (χ2n) is 3.59. The van der Waals surface area contributed by atoms with Crippen molar-refractivity contribution in [2.75, 3.05) is 0 Å². The second-order valence-corrected chi connectivity index (χ2v) is 4.21. The number of allylic oxidation sites excluding steroid dienone is 2. The van der Waals surface area contributed by atoms with Crippen molar-refractivity contribution in [1.82, 2.24) is 0 Å². The number of rotatable bonds is 2. The number of alkyl halides is 1. The van der Waals surface area contributed by atoms with Crippen LogP contribution in [0.25, 0.3) is 0 Å². The zero-order valence-electron chi connectivity index (χ0n) is 8.32. The van der Waals surface area contributed by atoms with Crippen LogP contribution in [0.5, 0.6) is 0 Å². The van der Waals surface area contributed by atoms with Crippen LogP contribution < -0.4 is 0 Å². The third-order valence-electron chi connectivity index (χ3n) is 2.49. The van der Waals surface area contributed by atoms with E-state index in [4.69, 9.17) is 21.8 Å². The molecule has 0 saturated carbocycles. The van der Waals surface area contributed by atoms with E-state index < -0.39 is 22.7 Å². The molecule has 1 aliphatic rings. The van der Waals surface area contributed by atoms with Crippen molar-refractivity contribution in [2.24, 2.45) is 5.92 Å². The van der Waals surface area contributed by atoms with Crippen molar-refractivity contribution in [3.63, 3.8) is 0 Å². The van der Waals surface area contributed by atoms with Gasteiger partial charge in [0.25, 0.3) is 0 Å². The van der Waals surface area contributed by atoms with E-state index in [2.05, 4.69) is 0 Å². The summed E-state index contributed by atoms with van der Waals surface area (Å²) in [5, 5.41) is 17.9. The summed E-state index contributed by atoms with van der Waals surface area (Å²) in [6.45, 7) is 3.11. The molecule has 2 atom stereocenters. The summed E-state index contributed by atoms with van der Waals surface area (Å²) >= 11 is 5.91. The molecule has 1 rings (SSSR count). The highest BCUT2D eigenvalue weighted by atomic mass is 35.5. The molecule has 0 radical (unpaired) electrons. The molecule has 2 N–H and O–H groups in total. The van der Waals surface area contributed by atoms with E-state index in [1.54, 1.807) is 6.92 Å². The van der Waals surface area contributed by atoms with Crippen LogP contribution in [0, 0.1) is 5.92 Å². The van der Waals surface area contributed by atoms with E-state index in [9.17, 15) is 9.59 Å². The normalized spacial score (nSPS) is 30.5. The number of carboxylic acid groups (broad SMARTS) is 2. The lowest BCUT2D eigenvalue weighted by Gasteiger charge is -2.30. The molecule has 0 amide bonds. The number of halogens is 1. The van der Waals surface area contributed by atoms with E-state index in [1.807, 2.05) is 0 Å². The minimum Gasteiger partial charge on any atom is -0.480 e. The Morgan fingerprint density at radius 1 is 1.47 bits per heavy atom. The Balaban J connectivity index is 3.26. The number of hydrogen-bond donors (Lipinski definition) is 2. The molecule has 0 aromatic heterocycles. The summed E-state index contributed by atoms with van der Waals surface area (Å²) < 4.78 is 0. The van der Waals surface area contributed by atoms with Gasteiger partial charge in [-0.25, -0.2) is 9.59 Å². The topological polar surface area (TPSA) is 74.6 Å². The van der Waals surface area contributed by atoms with Crippen molar-refractivity contribution in [3.8, 4) is 0 Å². The zero-order valence-corrected chi connectivity index (χ0v) is 9.08. The molecular formula is C10H11ClO4. The van der Waals surface area contributed by atoms with Crippen LogP contribution in [0.3, 0.4) is 0 Å². The fourth-order valence-electron chi connectivity index (χ4n) is 1.59. The molecule has 4 nitrogen and oxygen atoms in total. The summed E-state index contributed by atoms with van der Waals surface area (Å²) in [5.41, 5.74) is 0.565. The van der Waals surface area contributed by atoms with Gasteiger partial charge in [-0.1, -0.05) is 12.5 Å². The summed E-state index contributed by atoms with van der Waals surface area (Å²) in [6, 6.07) is 0. The van der Waals surface area contributed by atoms with Crippen LogP contribution in [0.2, 0.25) is 0 Å². The van der Waals surface area contributed by atoms with Gasteiger partial charge in [-0.3, -0.25) is 0 Å². The molecule has 82 valence electrons. The van der Waals surface area contributed by atoms with Gasteiger partial charge in [0.15, 0.2) is 4.87 Å². The summed E-state index contributed by atoms with van der Waals surface area (Å²) in [7, 11) is 0. The Hall–Kier alpha value is -1.29. The molecule has 0 bridgehead atoms. The summed E-state index contributed by atoms with van der Waals surface area (Å²) in [4.78, 5) is 20.2. The summed E-state index contributed by atoms with van der Waals surface area (Å²) in [5.74, 6) is -3.14. The fraction of sp³-hybridized carbons (Fsp3) is 0.400. The number of carboxylic acids is 2. The molecule has 0 aromatic carbocycles. The maximum atomic E-state index is 11.0. The Bertz CT molecular complexity index is 383. The van der Waals surface area contributed by atoms with Crippen LogP contribution in [-0.2, 0) is 9.59 Å². The van der Waals surface area contributed by atoms with Crippen molar-refractivity contribution in [3.05, 3.63) is 23.3 Å². The first-order valence-corrected chi connectivity index (χ1v) is 4.73. The highest BCUT2D eigenvalue weighted by Gasteiger charge is 2.45. The van der Waals surface area contributed by atoms with E-state index in [1.165, 1.54) is 19.1 Å². The first kappa shape index (κ1) is 11.8. The quantitative estimate of drug-likeness (QED) is 0.708. The molecule has 2 unspecified atom stereocenters. The Kier molecular flexibility index (Phi) is 2.90. The largest absolute Gasteiger partial charge is 0.480 e. The van der Waals surface area contributed by atoms with Gasteiger partial charge in [0.2, 0.25) is 0 Å². The molecule has 0 spiro atoms. The SMILES string of the molecule is CC1=CC(Cl)(C(=O)O)C(C)C(C(=O)O)=C1. The number of carbonyl (C=O) groups is 2. The molecule has 15 heavy (non-hydrogen) atoms. The van der Waals surface area contributed by atoms with Gasteiger partial charge in [0.05, 0.1) is 0 Å². The van der Waals surface area contributed by atoms with Gasteiger partial charge in [-0.15, -0.1) is 11.6 Å². The monoisotopic (exact) mass is 230 g/mol. The van der Waals surface area contributed by atoms with Crippen LogP contribution in [0.15, 0.2) is 23.3 Å². The minimum atomic E-state index is -1.66. The molecule has 0 heterocycles. The van der Waals surface area contributed by atoms with E-state index >= 15 is 0 Å². The molecular weight excluding hydrogens is 220 g/mol. The first-order valence-electron chi connectivity index (χ1n) is 4.35. The maximum Gasteiger partial charge on any atom is 0.331 e. The van der Waals surface area contributed by atoms with E-state index in [-0.39, 0.29) is 5.57 Å². The number of aliphatic carboxylic acids is 2. The molecule has 0 saturated heterocycles. The zero-order chi connectivity index (χ0) is 11.8. The van der Waals surface area contributed by atoms with Crippen LogP contribution in [-0.4, -0.2) is 27.0 Å². The Morgan fingerprint density at radius 2 is 2.00 bits per heavy atom. The van der Waals surface area contributed by atoms with Gasteiger partial charge in [0, 0.05) is 11.5 Å². The standard InChI is InChI=1S/C10H11ClO4/c1-5-3-7(8(12)13)6(2)10(11,4-5)9(14)15/h3-4,6H,1-2H3,(H,12,13)(H,14,15). The number of hydrogen-bond acceptors (Lipinski definition) is 2. The maximum absolute atomic E-state index is 11.0. The molecule has 0 aromatic rings. The second kappa shape index (κ2) is 3.70. The van der Waals surface area contributed by atoms with E-state index in [0.717, 1.165) is 0 Å². The van der Waals surface area contributed by atoms with Crippen LogP contribution >= 0.6 is 11.6 Å². The molecule has 0 fully saturated rings. The van der Waals surface area contributed by atoms with Crippen molar-refractivity contribution in [2.45, 2.75) is 18.7 Å². The lowest BCUT2D eigenvalue weighted by atomic mass is 9.80. The van der Waals surface area contributed by atoms with Crippen LogP contribution in [0.1, 0.15) is 13.8 Å². The third kappa shape index (κ3) is 1.90. The fourth-order valence-corrected chi connectivity index (χ4v) is 1.88. The van der Waals surface area contributed by atoms with Crippen molar-refractivity contribution < 1.29 is 19.8 Å². The predicted octanol–water partition coefficient (Wildman–Crippen LogP) is 1.66. The van der Waals surface area contributed by atoms with Gasteiger partial charge in [0.1, 0.15) is 0 Å². The molecule has 5 heteroatoms. The lowest BCUT2D eigenvalue weighted by Crippen LogP contribution is -2.41. The van der Waals surface area contributed by atoms with Gasteiger partial charge >= 0.3 is 11.9 Å². The van der Waals surface area contributed by atoms with Gasteiger partial charge in [-0.2, -0.15) is 0 Å². The van der Waals surface area contributed by atoms with Crippen LogP contribution in [0.4, 0.5) is 0 Å². The molecule has 0 aliphatic heterocycles. The van der Waals surface area contributed by atoms with Gasteiger partial charge in [-0.05, 0) is 19.1 Å². The predicted molar refractivity (Wildman–Crippen MR) is 54.9 cm³/mol. The van der Waals surface area contributed by atoms with Crippen molar-refractivity contribution >= 4 is 23.5 Å². The summed E-state index contributed by atoms with van der Waals surface area (Å²) in [6.07, 6.45) is 2.81. The molecule has 1 aliphatic carbocycles. The van der Waals surface area contributed by atoms with Gasteiger partial charge < -0.3 is 10.2 Å². The average Bonchev–Trinajstić information content (AvgIpc) is 2.10. The first-order chi connectivity index (χ1) is 6.79. The smallest absolute Gasteiger partial charge is 0.331 e. The Labute approximate surface area is 91.9 Å². The highest BCUT2D eigenvalue weighted by molar-refractivity contribution is 6.36. The lowest BCUT2D eigenvalue weighted by molar-refractivity contribution is -0.140. The average molecular weight is 231 g/mol. The third-order valence-corrected chi connectivity index (χ3v) is 3.09. The van der Waals surface area contributed by atoms with E-state index in [0.29, 0.717) is 5.57 Å².